The standard InChI is InChI=1S/C7H12O2.C5H8O2/c1-3-5-6-9-7(8)4-2;1-3-4(2)5(6)7/h4H,2-3,5-6H2,1H3;2-3H2,1H3,(H,6,7). The van der Waals surface area contributed by atoms with E-state index in [1.165, 1.54) is 6.08 Å². The molecular formula is C12H20O4. The van der Waals surface area contributed by atoms with E-state index in [0.29, 0.717) is 13.0 Å². The van der Waals surface area contributed by atoms with Crippen molar-refractivity contribution in [3.05, 3.63) is 24.8 Å². The second-order valence-electron chi connectivity index (χ2n) is 2.99. The SMILES string of the molecule is C=C(CC)C(=O)O.C=CC(=O)OCCCC. The number of hydrogen-bond donors (Lipinski definition) is 1. The molecule has 0 saturated carbocycles. The molecular weight excluding hydrogens is 208 g/mol. The van der Waals surface area contributed by atoms with Gasteiger partial charge in [0.15, 0.2) is 0 Å². The number of carboxylic acids is 1. The van der Waals surface area contributed by atoms with Crippen molar-refractivity contribution in [1.29, 1.82) is 0 Å². The van der Waals surface area contributed by atoms with Crippen LogP contribution in [0, 0.1) is 0 Å². The van der Waals surface area contributed by atoms with Gasteiger partial charge in [0.2, 0.25) is 0 Å². The van der Waals surface area contributed by atoms with E-state index in [0.717, 1.165) is 12.8 Å². The predicted octanol–water partition coefficient (Wildman–Crippen LogP) is 2.55. The molecule has 4 nitrogen and oxygen atoms in total. The molecule has 0 radical (unpaired) electrons. The lowest BCUT2D eigenvalue weighted by atomic mass is 10.2. The van der Waals surface area contributed by atoms with Gasteiger partial charge in [0.05, 0.1) is 6.61 Å². The van der Waals surface area contributed by atoms with Gasteiger partial charge in [-0.3, -0.25) is 0 Å². The first-order valence-electron chi connectivity index (χ1n) is 5.19. The molecule has 0 atom stereocenters. The third kappa shape index (κ3) is 12.4. The number of unbranched alkanes of at least 4 members (excludes halogenated alkanes) is 1. The smallest absolute Gasteiger partial charge is 0.330 e. The summed E-state index contributed by atoms with van der Waals surface area (Å²) >= 11 is 0. The Morgan fingerprint density at radius 2 is 1.94 bits per heavy atom. The second-order valence-corrected chi connectivity index (χ2v) is 2.99. The topological polar surface area (TPSA) is 63.6 Å². The van der Waals surface area contributed by atoms with Gasteiger partial charge in [-0.05, 0) is 12.8 Å². The first kappa shape index (κ1) is 16.8. The third-order valence-electron chi connectivity index (χ3n) is 1.64. The summed E-state index contributed by atoms with van der Waals surface area (Å²) in [6, 6.07) is 0. The molecule has 1 N–H and O–H groups in total. The lowest BCUT2D eigenvalue weighted by Crippen LogP contribution is -2.00. The lowest BCUT2D eigenvalue weighted by molar-refractivity contribution is -0.138. The van der Waals surface area contributed by atoms with Crippen molar-refractivity contribution in [3.63, 3.8) is 0 Å². The molecule has 0 aliphatic carbocycles. The lowest BCUT2D eigenvalue weighted by Gasteiger charge is -1.97. The van der Waals surface area contributed by atoms with Crippen LogP contribution in [-0.2, 0) is 14.3 Å². The van der Waals surface area contributed by atoms with Crippen molar-refractivity contribution in [2.24, 2.45) is 0 Å². The monoisotopic (exact) mass is 228 g/mol. The van der Waals surface area contributed by atoms with Crippen molar-refractivity contribution in [2.45, 2.75) is 33.1 Å². The maximum atomic E-state index is 10.3. The number of rotatable bonds is 6. The number of hydrogen-bond acceptors (Lipinski definition) is 3. The molecule has 0 aliphatic rings. The van der Waals surface area contributed by atoms with Crippen molar-refractivity contribution in [3.8, 4) is 0 Å². The molecule has 0 aromatic rings. The number of ether oxygens (including phenoxy) is 1. The van der Waals surface area contributed by atoms with Crippen molar-refractivity contribution in [1.82, 2.24) is 0 Å². The van der Waals surface area contributed by atoms with E-state index in [4.69, 9.17) is 5.11 Å². The van der Waals surface area contributed by atoms with E-state index < -0.39 is 5.97 Å². The van der Waals surface area contributed by atoms with E-state index in [-0.39, 0.29) is 11.5 Å². The molecule has 4 heteroatoms. The van der Waals surface area contributed by atoms with Crippen LogP contribution >= 0.6 is 0 Å². The molecule has 0 bridgehead atoms. The first-order chi connectivity index (χ1) is 7.49. The third-order valence-corrected chi connectivity index (χ3v) is 1.64. The van der Waals surface area contributed by atoms with E-state index in [2.05, 4.69) is 17.9 Å². The van der Waals surface area contributed by atoms with Crippen LogP contribution in [-0.4, -0.2) is 23.7 Å². The Morgan fingerprint density at radius 1 is 1.38 bits per heavy atom. The number of carboxylic acid groups (broad SMARTS) is 1. The summed E-state index contributed by atoms with van der Waals surface area (Å²) in [5.74, 6) is -1.23. The second kappa shape index (κ2) is 11.5. The number of carbonyl (C=O) groups is 2. The van der Waals surface area contributed by atoms with E-state index >= 15 is 0 Å². The quantitative estimate of drug-likeness (QED) is 0.431. The van der Waals surface area contributed by atoms with E-state index in [1.807, 2.05) is 6.92 Å². The van der Waals surface area contributed by atoms with Gasteiger partial charge in [-0.25, -0.2) is 9.59 Å². The fourth-order valence-corrected chi connectivity index (χ4v) is 0.527. The minimum Gasteiger partial charge on any atom is -0.478 e. The predicted molar refractivity (Wildman–Crippen MR) is 63.1 cm³/mol. The van der Waals surface area contributed by atoms with Crippen LogP contribution in [0.25, 0.3) is 0 Å². The van der Waals surface area contributed by atoms with Gasteiger partial charge < -0.3 is 9.84 Å². The highest BCUT2D eigenvalue weighted by atomic mass is 16.5. The minimum absolute atomic E-state index is 0.264. The Kier molecular flexibility index (Phi) is 12.1. The molecule has 0 aliphatic heterocycles. The van der Waals surface area contributed by atoms with Crippen LogP contribution in [0.4, 0.5) is 0 Å². The molecule has 0 amide bonds. The fraction of sp³-hybridized carbons (Fsp3) is 0.500. The Bertz CT molecular complexity index is 243. The van der Waals surface area contributed by atoms with Gasteiger partial charge >= 0.3 is 11.9 Å². The zero-order chi connectivity index (χ0) is 13.0. The summed E-state index contributed by atoms with van der Waals surface area (Å²) in [6.45, 7) is 10.9. The van der Waals surface area contributed by atoms with E-state index in [1.54, 1.807) is 6.92 Å². The molecule has 0 fully saturated rings. The maximum Gasteiger partial charge on any atom is 0.330 e. The van der Waals surface area contributed by atoms with Gasteiger partial charge in [-0.2, -0.15) is 0 Å². The maximum absolute atomic E-state index is 10.3. The van der Waals surface area contributed by atoms with Crippen LogP contribution in [0.15, 0.2) is 24.8 Å². The Balaban J connectivity index is 0. The Hall–Kier alpha value is -1.58. The highest BCUT2D eigenvalue weighted by Crippen LogP contribution is 1.93. The van der Waals surface area contributed by atoms with Crippen LogP contribution in [0.3, 0.4) is 0 Å². The highest BCUT2D eigenvalue weighted by Gasteiger charge is 1.96. The molecule has 92 valence electrons. The van der Waals surface area contributed by atoms with Crippen LogP contribution in [0.1, 0.15) is 33.1 Å². The average molecular weight is 228 g/mol. The van der Waals surface area contributed by atoms with Gasteiger partial charge in [-0.15, -0.1) is 0 Å². The van der Waals surface area contributed by atoms with Crippen LogP contribution < -0.4 is 0 Å². The summed E-state index contributed by atoms with van der Waals surface area (Å²) in [6.07, 6.45) is 3.68. The average Bonchev–Trinajstić information content (AvgIpc) is 2.28. The van der Waals surface area contributed by atoms with E-state index in [9.17, 15) is 9.59 Å². The van der Waals surface area contributed by atoms with Gasteiger partial charge in [0, 0.05) is 11.6 Å². The summed E-state index contributed by atoms with van der Waals surface area (Å²) in [7, 11) is 0. The largest absolute Gasteiger partial charge is 0.478 e. The molecule has 0 unspecified atom stereocenters. The molecule has 0 aromatic carbocycles. The fourth-order valence-electron chi connectivity index (χ4n) is 0.527. The van der Waals surface area contributed by atoms with Crippen molar-refractivity contribution in [2.75, 3.05) is 6.61 Å². The molecule has 0 aromatic heterocycles. The molecule has 0 heterocycles. The first-order valence-corrected chi connectivity index (χ1v) is 5.19. The summed E-state index contributed by atoms with van der Waals surface area (Å²) < 4.78 is 4.67. The zero-order valence-electron chi connectivity index (χ0n) is 9.99. The van der Waals surface area contributed by atoms with Gasteiger partial charge in [-0.1, -0.05) is 33.4 Å². The molecule has 0 saturated heterocycles. The van der Waals surface area contributed by atoms with Gasteiger partial charge in [0.25, 0.3) is 0 Å². The molecule has 0 spiro atoms. The normalized spacial score (nSPS) is 8.38. The number of aliphatic carboxylic acids is 1. The van der Waals surface area contributed by atoms with Crippen LogP contribution in [0.5, 0.6) is 0 Å². The van der Waals surface area contributed by atoms with Crippen molar-refractivity contribution < 1.29 is 19.4 Å². The highest BCUT2D eigenvalue weighted by molar-refractivity contribution is 5.85. The minimum atomic E-state index is -0.900. The number of carbonyl (C=O) groups excluding carboxylic acids is 1. The number of esters is 1. The molecule has 16 heavy (non-hydrogen) atoms. The van der Waals surface area contributed by atoms with Crippen LogP contribution in [0.2, 0.25) is 0 Å². The summed E-state index contributed by atoms with van der Waals surface area (Å²) in [4.78, 5) is 20.2. The Morgan fingerprint density at radius 3 is 2.19 bits per heavy atom. The molecule has 0 rings (SSSR count). The van der Waals surface area contributed by atoms with Gasteiger partial charge in [0.1, 0.15) is 0 Å². The zero-order valence-corrected chi connectivity index (χ0v) is 9.99. The van der Waals surface area contributed by atoms with Crippen molar-refractivity contribution >= 4 is 11.9 Å². The summed E-state index contributed by atoms with van der Waals surface area (Å²) in [5.41, 5.74) is 0.264. The Labute approximate surface area is 96.6 Å². The summed E-state index contributed by atoms with van der Waals surface area (Å²) in [5, 5.41) is 8.08.